The average molecular weight is 656 g/mol. The van der Waals surface area contributed by atoms with Crippen molar-refractivity contribution in [3.63, 3.8) is 0 Å². The number of carboxylic acid groups (broad SMARTS) is 1. The Morgan fingerprint density at radius 2 is 1.70 bits per heavy atom. The highest BCUT2D eigenvalue weighted by atomic mass is 32.2. The molecule has 17 heteroatoms. The van der Waals surface area contributed by atoms with Crippen LogP contribution in [0.1, 0.15) is 42.5 Å². The van der Waals surface area contributed by atoms with E-state index in [9.17, 15) is 36.7 Å². The number of halogens is 2. The summed E-state index contributed by atoms with van der Waals surface area (Å²) in [7, 11) is -4.33. The fourth-order valence-electron chi connectivity index (χ4n) is 5.56. The largest absolute Gasteiger partial charge is 0.477 e. The van der Waals surface area contributed by atoms with E-state index in [2.05, 4.69) is 15.5 Å². The number of carbonyl (C=O) groups excluding carboxylic acids is 2. The quantitative estimate of drug-likeness (QED) is 0.220. The van der Waals surface area contributed by atoms with Crippen LogP contribution in [0.15, 0.2) is 53.6 Å². The molecule has 0 atom stereocenters. The van der Waals surface area contributed by atoms with E-state index < -0.39 is 44.3 Å². The second kappa shape index (κ2) is 12.0. The third kappa shape index (κ3) is 5.70. The Bertz CT molecular complexity index is 1970. The van der Waals surface area contributed by atoms with Crippen LogP contribution in [0.25, 0.3) is 5.69 Å². The van der Waals surface area contributed by atoms with Crippen LogP contribution >= 0.6 is 0 Å². The molecule has 0 spiro atoms. The maximum Gasteiger partial charge on any atom is 0.352 e. The van der Waals surface area contributed by atoms with Gasteiger partial charge in [-0.05, 0) is 36.4 Å². The smallest absolute Gasteiger partial charge is 0.352 e. The lowest BCUT2D eigenvalue weighted by Gasteiger charge is -2.31. The predicted octanol–water partition coefficient (Wildman–Crippen LogP) is 2.11. The fraction of sp³-hybridized carbons (Fsp3) is 0.241. The summed E-state index contributed by atoms with van der Waals surface area (Å²) in [5.41, 5.74) is 6.89. The van der Waals surface area contributed by atoms with Crippen LogP contribution < -0.4 is 16.0 Å². The number of amides is 2. The first kappa shape index (κ1) is 30.9. The van der Waals surface area contributed by atoms with Crippen LogP contribution in [0, 0.1) is 11.6 Å². The molecule has 1 saturated heterocycles. The number of carbonyl (C=O) groups is 3. The van der Waals surface area contributed by atoms with Gasteiger partial charge in [-0.15, -0.1) is 0 Å². The number of aromatic amines is 1. The van der Waals surface area contributed by atoms with Crippen LogP contribution in [-0.4, -0.2) is 83.2 Å². The molecule has 0 radical (unpaired) electrons. The van der Waals surface area contributed by atoms with Gasteiger partial charge in [0.1, 0.15) is 17.3 Å². The maximum atomic E-state index is 13.8. The molecule has 2 amide bonds. The highest BCUT2D eigenvalue weighted by Gasteiger charge is 2.33. The van der Waals surface area contributed by atoms with Crippen molar-refractivity contribution in [1.82, 2.24) is 19.1 Å². The fourth-order valence-corrected chi connectivity index (χ4v) is 7.02. The highest BCUT2D eigenvalue weighted by molar-refractivity contribution is 7.89. The molecule has 0 bridgehead atoms. The molecule has 6 rings (SSSR count). The number of morpholine rings is 1. The number of hydrogen-bond acceptors (Lipinski definition) is 8. The molecule has 46 heavy (non-hydrogen) atoms. The van der Waals surface area contributed by atoms with Crippen molar-refractivity contribution >= 4 is 39.3 Å². The number of nitrogens with one attached hydrogen (secondary N) is 2. The molecule has 2 aromatic carbocycles. The number of ether oxygens (including phenoxy) is 1. The lowest BCUT2D eigenvalue weighted by Crippen LogP contribution is -2.37. The number of carboxylic acids is 1. The van der Waals surface area contributed by atoms with Crippen LogP contribution in [0.5, 0.6) is 0 Å². The molecule has 2 aliphatic rings. The summed E-state index contributed by atoms with van der Waals surface area (Å²) in [6.07, 6.45) is 1.67. The molecular formula is C29H27F2N7O7S. The van der Waals surface area contributed by atoms with Crippen LogP contribution in [0.4, 0.5) is 20.3 Å². The van der Waals surface area contributed by atoms with Gasteiger partial charge in [-0.25, -0.2) is 22.0 Å². The van der Waals surface area contributed by atoms with E-state index in [1.165, 1.54) is 35.0 Å². The summed E-state index contributed by atoms with van der Waals surface area (Å²) in [5.74, 6) is -5.09. The van der Waals surface area contributed by atoms with E-state index in [1.807, 2.05) is 4.90 Å². The zero-order valence-corrected chi connectivity index (χ0v) is 24.8. The lowest BCUT2D eigenvalue weighted by atomic mass is 10.0. The van der Waals surface area contributed by atoms with Crippen molar-refractivity contribution in [1.29, 1.82) is 0 Å². The predicted molar refractivity (Wildman–Crippen MR) is 158 cm³/mol. The third-order valence-corrected chi connectivity index (χ3v) is 9.63. The Balaban J connectivity index is 1.36. The summed E-state index contributed by atoms with van der Waals surface area (Å²) in [4.78, 5) is 39.8. The molecule has 5 N–H and O–H groups in total. The van der Waals surface area contributed by atoms with Crippen molar-refractivity contribution in [3.8, 4) is 5.69 Å². The number of aromatic nitrogens is 3. The number of aromatic carboxylic acids is 1. The highest BCUT2D eigenvalue weighted by Crippen LogP contribution is 2.33. The van der Waals surface area contributed by atoms with Crippen molar-refractivity contribution < 1.29 is 41.4 Å². The topological polar surface area (TPSA) is 193 Å². The second-order valence-electron chi connectivity index (χ2n) is 10.6. The molecular weight excluding hydrogens is 628 g/mol. The van der Waals surface area contributed by atoms with Gasteiger partial charge in [0.2, 0.25) is 15.9 Å². The molecule has 4 heterocycles. The molecule has 240 valence electrons. The van der Waals surface area contributed by atoms with Crippen molar-refractivity contribution in [2.75, 3.05) is 43.1 Å². The minimum atomic E-state index is -4.33. The van der Waals surface area contributed by atoms with Gasteiger partial charge in [0.15, 0.2) is 5.82 Å². The number of sulfonamides is 1. The van der Waals surface area contributed by atoms with Gasteiger partial charge in [0.25, 0.3) is 5.91 Å². The summed E-state index contributed by atoms with van der Waals surface area (Å²) >= 11 is 0. The number of fused-ring (bicyclic) bond motifs is 1. The van der Waals surface area contributed by atoms with Gasteiger partial charge in [0, 0.05) is 56.1 Å². The molecule has 14 nitrogen and oxygen atoms in total. The molecule has 1 fully saturated rings. The maximum absolute atomic E-state index is 13.8. The Hall–Kier alpha value is -5.13. The molecule has 0 saturated carbocycles. The Morgan fingerprint density at radius 1 is 1.00 bits per heavy atom. The van der Waals surface area contributed by atoms with Crippen LogP contribution in [0.2, 0.25) is 0 Å². The van der Waals surface area contributed by atoms with E-state index in [1.54, 1.807) is 0 Å². The van der Waals surface area contributed by atoms with Crippen LogP contribution in [0.3, 0.4) is 0 Å². The number of anilines is 2. The Labute approximate surface area is 260 Å². The van der Waals surface area contributed by atoms with Gasteiger partial charge < -0.3 is 30.4 Å². The van der Waals surface area contributed by atoms with Crippen molar-refractivity contribution in [2.45, 2.75) is 17.9 Å². The summed E-state index contributed by atoms with van der Waals surface area (Å²) in [6, 6.07) is 7.71. The minimum Gasteiger partial charge on any atom is -0.477 e. The first-order valence-corrected chi connectivity index (χ1v) is 15.4. The molecule has 4 aromatic rings. The Kier molecular flexibility index (Phi) is 8.05. The summed E-state index contributed by atoms with van der Waals surface area (Å²) in [5, 5.41) is 19.3. The van der Waals surface area contributed by atoms with Gasteiger partial charge >= 0.3 is 5.97 Å². The number of nitrogens with two attached hydrogens (primary N) is 1. The number of H-pyrrole nitrogens is 1. The Morgan fingerprint density at radius 3 is 2.37 bits per heavy atom. The van der Waals surface area contributed by atoms with E-state index in [4.69, 9.17) is 10.5 Å². The third-order valence-electron chi connectivity index (χ3n) is 7.81. The second-order valence-corrected chi connectivity index (χ2v) is 12.5. The van der Waals surface area contributed by atoms with Crippen molar-refractivity contribution in [2.24, 2.45) is 5.73 Å². The normalized spacial score (nSPS) is 15.4. The van der Waals surface area contributed by atoms with Gasteiger partial charge in [0.05, 0.1) is 40.6 Å². The first-order valence-electron chi connectivity index (χ1n) is 14.0. The van der Waals surface area contributed by atoms with Crippen LogP contribution in [-0.2, 0) is 27.7 Å². The van der Waals surface area contributed by atoms with E-state index in [-0.39, 0.29) is 42.1 Å². The van der Waals surface area contributed by atoms with E-state index >= 15 is 0 Å². The average Bonchev–Trinajstić information content (AvgIpc) is 3.68. The minimum absolute atomic E-state index is 0.0238. The number of primary amides is 1. The SMILES string of the molecule is NC(=O)c1cc(N2CCOCC2)c(-n2cccc2C(=O)O)cc1C(=O)Nc1n[nH]c2c1CN(S(=O)(=O)c1cc(F)cc(F)c1)CC2. The zero-order valence-electron chi connectivity index (χ0n) is 24.0. The lowest BCUT2D eigenvalue weighted by molar-refractivity contribution is 0.0687. The number of rotatable bonds is 8. The summed E-state index contributed by atoms with van der Waals surface area (Å²) in [6.45, 7) is 1.33. The van der Waals surface area contributed by atoms with E-state index in [0.29, 0.717) is 55.0 Å². The molecule has 0 aliphatic carbocycles. The van der Waals surface area contributed by atoms with Gasteiger partial charge in [-0.3, -0.25) is 14.7 Å². The number of hydrogen-bond donors (Lipinski definition) is 4. The number of nitrogens with zero attached hydrogens (tertiary/aromatic N) is 4. The number of benzene rings is 2. The van der Waals surface area contributed by atoms with Crippen molar-refractivity contribution in [3.05, 3.63) is 88.4 Å². The van der Waals surface area contributed by atoms with Gasteiger partial charge in [-0.1, -0.05) is 0 Å². The monoisotopic (exact) mass is 655 g/mol. The van der Waals surface area contributed by atoms with Gasteiger partial charge in [-0.2, -0.15) is 9.40 Å². The molecule has 2 aliphatic heterocycles. The standard InChI is InChI=1S/C29H27F2N7O7S/c30-16-10-17(31)12-18(11-16)46(43,44)37-5-3-22-21(15-37)27(35-34-22)33-28(40)20-14-25(38-4-1-2-23(38)29(41)42)24(13-19(20)26(32)39)36-6-8-45-9-7-36/h1-2,4,10-14H,3,5-9,15H2,(H2,32,39)(H,41,42)(H2,33,34,35,40). The first-order chi connectivity index (χ1) is 21.9. The summed E-state index contributed by atoms with van der Waals surface area (Å²) < 4.78 is 62.0. The van der Waals surface area contributed by atoms with E-state index in [0.717, 1.165) is 16.4 Å². The zero-order chi connectivity index (χ0) is 32.7. The molecule has 0 unspecified atom stereocenters. The molecule has 2 aromatic heterocycles.